The molecule has 1 fully saturated rings. The summed E-state index contributed by atoms with van der Waals surface area (Å²) in [4.78, 5) is 34.4. The molecule has 33 heavy (non-hydrogen) atoms. The first kappa shape index (κ1) is 22.7. The van der Waals surface area contributed by atoms with Gasteiger partial charge in [0, 0.05) is 17.2 Å². The Morgan fingerprint density at radius 2 is 1.97 bits per heavy atom. The van der Waals surface area contributed by atoms with E-state index in [0.717, 1.165) is 37.1 Å². The van der Waals surface area contributed by atoms with Crippen LogP contribution in [0.1, 0.15) is 59.1 Å². The van der Waals surface area contributed by atoms with E-state index in [9.17, 15) is 9.59 Å². The Bertz CT molecular complexity index is 1130. The van der Waals surface area contributed by atoms with Gasteiger partial charge < -0.3 is 10.1 Å². The van der Waals surface area contributed by atoms with Crippen molar-refractivity contribution in [3.05, 3.63) is 36.0 Å². The van der Waals surface area contributed by atoms with Crippen molar-refractivity contribution in [1.29, 1.82) is 0 Å². The number of benzene rings is 1. The van der Waals surface area contributed by atoms with Crippen molar-refractivity contribution in [2.45, 2.75) is 58.8 Å². The van der Waals surface area contributed by atoms with Crippen molar-refractivity contribution in [2.24, 2.45) is 15.9 Å². The van der Waals surface area contributed by atoms with Crippen LogP contribution in [0.25, 0.3) is 0 Å². The van der Waals surface area contributed by atoms with Crippen LogP contribution in [0.4, 0.5) is 16.3 Å². The van der Waals surface area contributed by atoms with Gasteiger partial charge in [0.05, 0.1) is 23.9 Å². The van der Waals surface area contributed by atoms with Gasteiger partial charge in [-0.05, 0) is 38.3 Å². The molecule has 0 spiro atoms. The van der Waals surface area contributed by atoms with Gasteiger partial charge in [-0.1, -0.05) is 39.3 Å². The number of para-hydroxylation sites is 2. The molecule has 174 valence electrons. The highest BCUT2D eigenvalue weighted by atomic mass is 16.5. The molecule has 2 aromatic rings. The second-order valence-corrected chi connectivity index (χ2v) is 9.24. The highest BCUT2D eigenvalue weighted by molar-refractivity contribution is 6.16. The van der Waals surface area contributed by atoms with Crippen LogP contribution in [0, 0.1) is 5.92 Å². The zero-order valence-electron chi connectivity index (χ0n) is 19.5. The first-order chi connectivity index (χ1) is 15.8. The largest absolute Gasteiger partial charge is 0.492 e. The van der Waals surface area contributed by atoms with Crippen molar-refractivity contribution in [2.75, 3.05) is 17.2 Å². The first-order valence-electron chi connectivity index (χ1n) is 11.4. The summed E-state index contributed by atoms with van der Waals surface area (Å²) in [6, 6.07) is 8.54. The fourth-order valence-corrected chi connectivity index (χ4v) is 3.93. The number of urea groups is 1. The number of carbonyl (C=O) groups is 2. The van der Waals surface area contributed by atoms with Crippen molar-refractivity contribution in [3.63, 3.8) is 0 Å². The summed E-state index contributed by atoms with van der Waals surface area (Å²) < 4.78 is 7.03. The lowest BCUT2D eigenvalue weighted by Crippen LogP contribution is -2.34. The molecule has 1 atom stereocenters. The topological polar surface area (TPSA) is 110 Å². The van der Waals surface area contributed by atoms with Gasteiger partial charge in [-0.15, -0.1) is 0 Å². The third-order valence-corrected chi connectivity index (χ3v) is 5.67. The average Bonchev–Trinajstić information content (AvgIpc) is 3.19. The average molecular weight is 451 g/mol. The molecule has 1 aliphatic heterocycles. The Morgan fingerprint density at radius 3 is 2.73 bits per heavy atom. The molecule has 1 unspecified atom stereocenters. The smallest absolute Gasteiger partial charge is 0.324 e. The minimum absolute atomic E-state index is 0.189. The summed E-state index contributed by atoms with van der Waals surface area (Å²) in [6.45, 7) is 8.45. The summed E-state index contributed by atoms with van der Waals surface area (Å²) >= 11 is 0. The third-order valence-electron chi connectivity index (χ3n) is 5.67. The Balaban J connectivity index is 1.63. The number of aromatic nitrogens is 2. The Kier molecular flexibility index (Phi) is 6.31. The van der Waals surface area contributed by atoms with Gasteiger partial charge >= 0.3 is 6.03 Å². The molecular weight excluding hydrogens is 420 g/mol. The van der Waals surface area contributed by atoms with Crippen molar-refractivity contribution >= 4 is 35.1 Å². The van der Waals surface area contributed by atoms with Gasteiger partial charge in [-0.3, -0.25) is 10.1 Å². The predicted octanol–water partition coefficient (Wildman–Crippen LogP) is 4.60. The maximum absolute atomic E-state index is 12.9. The zero-order chi connectivity index (χ0) is 23.6. The van der Waals surface area contributed by atoms with Crippen LogP contribution in [-0.4, -0.2) is 40.0 Å². The fourth-order valence-electron chi connectivity index (χ4n) is 3.93. The van der Waals surface area contributed by atoms with Crippen LogP contribution in [0.3, 0.4) is 0 Å². The normalized spacial score (nSPS) is 18.2. The van der Waals surface area contributed by atoms with Gasteiger partial charge in [-0.25, -0.2) is 9.79 Å². The Hall–Kier alpha value is -3.49. The van der Waals surface area contributed by atoms with Crippen molar-refractivity contribution < 1.29 is 14.3 Å². The van der Waals surface area contributed by atoms with Gasteiger partial charge in [0.1, 0.15) is 11.6 Å². The van der Waals surface area contributed by atoms with E-state index in [-0.39, 0.29) is 23.2 Å². The van der Waals surface area contributed by atoms with Gasteiger partial charge in [-0.2, -0.15) is 14.8 Å². The summed E-state index contributed by atoms with van der Waals surface area (Å²) in [5, 5.41) is 10.3. The maximum Gasteiger partial charge on any atom is 0.324 e. The molecule has 1 saturated carbocycles. The lowest BCUT2D eigenvalue weighted by atomic mass is 9.86. The van der Waals surface area contributed by atoms with Crippen LogP contribution in [0.5, 0.6) is 5.75 Å². The second-order valence-electron chi connectivity index (χ2n) is 9.24. The molecule has 9 nitrogen and oxygen atoms in total. The van der Waals surface area contributed by atoms with Gasteiger partial charge in [0.2, 0.25) is 0 Å². The highest BCUT2D eigenvalue weighted by Crippen LogP contribution is 2.29. The number of nitrogens with zero attached hydrogens (tertiary/aromatic N) is 4. The van der Waals surface area contributed by atoms with E-state index in [0.29, 0.717) is 23.9 Å². The molecule has 3 amide bonds. The number of nitrogens with one attached hydrogen (secondary N) is 2. The van der Waals surface area contributed by atoms with Crippen molar-refractivity contribution in [1.82, 2.24) is 9.78 Å². The van der Waals surface area contributed by atoms with Crippen molar-refractivity contribution in [3.8, 4) is 5.75 Å². The third kappa shape index (κ3) is 4.97. The standard InChI is InChI=1S/C24H30N6O3/c1-5-33-18-13-9-8-12-17(18)26-23(32)27-20-14-19(24(2,3)4)29-30(20)22-25-16-11-7-6-10-15(16)21(31)28-22/h8-9,12-15H,5-7,10-11H2,1-4H3,(H2,26,27,32). The number of amides is 3. The van der Waals surface area contributed by atoms with E-state index >= 15 is 0 Å². The monoisotopic (exact) mass is 450 g/mol. The lowest BCUT2D eigenvalue weighted by Gasteiger charge is -2.24. The number of hydrogen-bond acceptors (Lipinski definition) is 5. The molecule has 2 N–H and O–H groups in total. The molecule has 1 aliphatic carbocycles. The minimum atomic E-state index is -0.463. The van der Waals surface area contributed by atoms with Crippen LogP contribution < -0.4 is 15.4 Å². The minimum Gasteiger partial charge on any atom is -0.492 e. The van der Waals surface area contributed by atoms with E-state index in [1.54, 1.807) is 18.2 Å². The second kappa shape index (κ2) is 9.17. The van der Waals surface area contributed by atoms with E-state index in [4.69, 9.17) is 4.74 Å². The van der Waals surface area contributed by atoms with Crippen LogP contribution in [0.15, 0.2) is 40.3 Å². The molecule has 1 aromatic carbocycles. The van der Waals surface area contributed by atoms with E-state index in [2.05, 4.69) is 25.7 Å². The molecule has 0 radical (unpaired) electrons. The van der Waals surface area contributed by atoms with E-state index < -0.39 is 6.03 Å². The number of rotatable bonds is 4. The Labute approximate surface area is 193 Å². The van der Waals surface area contributed by atoms with E-state index in [1.807, 2.05) is 39.8 Å². The number of anilines is 2. The molecule has 9 heteroatoms. The number of carbonyl (C=O) groups excluding carboxylic acids is 2. The van der Waals surface area contributed by atoms with Crippen LogP contribution in [-0.2, 0) is 10.2 Å². The van der Waals surface area contributed by atoms with Crippen LogP contribution >= 0.6 is 0 Å². The summed E-state index contributed by atoms with van der Waals surface area (Å²) in [7, 11) is 0. The Morgan fingerprint density at radius 1 is 1.18 bits per heavy atom. The molecule has 2 heterocycles. The number of hydrogen-bond donors (Lipinski definition) is 2. The van der Waals surface area contributed by atoms with Crippen LogP contribution in [0.2, 0.25) is 0 Å². The van der Waals surface area contributed by atoms with E-state index in [1.165, 1.54) is 4.68 Å². The predicted molar refractivity (Wildman–Crippen MR) is 128 cm³/mol. The molecule has 0 bridgehead atoms. The number of ether oxygens (including phenoxy) is 1. The molecular formula is C24H30N6O3. The lowest BCUT2D eigenvalue weighted by molar-refractivity contribution is -0.120. The first-order valence-corrected chi connectivity index (χ1v) is 11.4. The number of fused-ring (bicyclic) bond motifs is 1. The molecule has 2 aliphatic rings. The SMILES string of the molecule is CCOc1ccccc1NC(=O)Nc1cc(C(C)(C)C)nn1C1=NC(=O)C2CCCCC2=N1. The number of aliphatic imine (C=N–C) groups is 2. The molecule has 4 rings (SSSR count). The molecule has 1 aromatic heterocycles. The zero-order valence-corrected chi connectivity index (χ0v) is 19.5. The van der Waals surface area contributed by atoms with Gasteiger partial charge in [0.15, 0.2) is 0 Å². The van der Waals surface area contributed by atoms with Gasteiger partial charge in [0.25, 0.3) is 11.9 Å². The molecule has 0 saturated heterocycles. The summed E-state index contributed by atoms with van der Waals surface area (Å²) in [6.07, 6.45) is 3.58. The maximum atomic E-state index is 12.9. The highest BCUT2D eigenvalue weighted by Gasteiger charge is 2.32. The fraction of sp³-hybridized carbons (Fsp3) is 0.458. The summed E-state index contributed by atoms with van der Waals surface area (Å²) in [5.41, 5.74) is 1.87. The quantitative estimate of drug-likeness (QED) is 0.709. The summed E-state index contributed by atoms with van der Waals surface area (Å²) in [5.74, 6) is 0.736.